The summed E-state index contributed by atoms with van der Waals surface area (Å²) in [6.45, 7) is 0. The normalized spacial score (nSPS) is 11.5. The van der Waals surface area contributed by atoms with Crippen molar-refractivity contribution >= 4 is 9.63 Å². The van der Waals surface area contributed by atoms with Crippen molar-refractivity contribution in [1.82, 2.24) is 0 Å². The quantitative estimate of drug-likeness (QED) is 0.545. The molecule has 1 N–H and O–H groups in total. The monoisotopic (exact) mass is 435 g/mol. The lowest BCUT2D eigenvalue weighted by atomic mass is 10.3. The predicted molar refractivity (Wildman–Crippen MR) is 106 cm³/mol. The molecule has 3 aromatic carbocycles. The standard InChI is InChI=1S/C21H13N3O6S/c22-13-27-16-1-3-19(4-2-16)30-31(25,26,20-9-5-17(6-10-20)28-14-23)21-11-7-18(8-12-21)29-15-24/h1-12H,(H,25,26). The van der Waals surface area contributed by atoms with Gasteiger partial charge in [0.25, 0.3) is 18.8 Å². The second-order valence-electron chi connectivity index (χ2n) is 5.91. The molecule has 154 valence electrons. The highest BCUT2D eigenvalue weighted by Gasteiger charge is 2.41. The smallest absolute Gasteiger partial charge is 0.292 e. The highest BCUT2D eigenvalue weighted by molar-refractivity contribution is 8.11. The van der Waals surface area contributed by atoms with E-state index in [1.807, 2.05) is 0 Å². The van der Waals surface area contributed by atoms with E-state index in [1.165, 1.54) is 91.6 Å². The molecule has 0 aliphatic heterocycles. The van der Waals surface area contributed by atoms with Gasteiger partial charge >= 0.3 is 0 Å². The van der Waals surface area contributed by atoms with E-state index in [0.29, 0.717) is 0 Å². The first-order valence-corrected chi connectivity index (χ1v) is 10.3. The fourth-order valence-corrected chi connectivity index (χ4v) is 4.79. The molecular weight excluding hydrogens is 422 g/mol. The number of ether oxygens (including phenoxy) is 3. The highest BCUT2D eigenvalue weighted by Crippen LogP contribution is 2.43. The molecular formula is C21H13N3O6S. The zero-order valence-corrected chi connectivity index (χ0v) is 16.5. The van der Waals surface area contributed by atoms with Gasteiger partial charge in [0.05, 0.1) is 9.79 Å². The van der Waals surface area contributed by atoms with Crippen LogP contribution in [0.2, 0.25) is 0 Å². The average Bonchev–Trinajstić information content (AvgIpc) is 2.77. The molecule has 0 saturated heterocycles. The summed E-state index contributed by atoms with van der Waals surface area (Å²) in [5.74, 6) is 0.611. The molecule has 0 fully saturated rings. The Bertz CT molecular complexity index is 1200. The Morgan fingerprint density at radius 1 is 0.581 bits per heavy atom. The third-order valence-electron chi connectivity index (χ3n) is 4.04. The Kier molecular flexibility index (Phi) is 5.76. The van der Waals surface area contributed by atoms with Crippen LogP contribution in [0.15, 0.2) is 82.6 Å². The van der Waals surface area contributed by atoms with Crippen LogP contribution in [0.1, 0.15) is 0 Å². The molecule has 0 spiro atoms. The van der Waals surface area contributed by atoms with Crippen LogP contribution in [-0.2, 0) is 9.63 Å². The highest BCUT2D eigenvalue weighted by atomic mass is 32.3. The first-order chi connectivity index (χ1) is 14.9. The van der Waals surface area contributed by atoms with Gasteiger partial charge in [0, 0.05) is 0 Å². The van der Waals surface area contributed by atoms with Crippen molar-refractivity contribution < 1.29 is 27.2 Å². The number of hydrogen-bond acceptors (Lipinski definition) is 8. The van der Waals surface area contributed by atoms with E-state index in [-0.39, 0.29) is 32.8 Å². The van der Waals surface area contributed by atoms with E-state index < -0.39 is 9.63 Å². The van der Waals surface area contributed by atoms with E-state index in [4.69, 9.17) is 34.2 Å². The fraction of sp³-hybridized carbons (Fsp3) is 0. The van der Waals surface area contributed by atoms with E-state index >= 15 is 0 Å². The van der Waals surface area contributed by atoms with Crippen molar-refractivity contribution in [1.29, 1.82) is 15.8 Å². The van der Waals surface area contributed by atoms with Gasteiger partial charge in [-0.2, -0.15) is 0 Å². The topological polar surface area (TPSA) is 146 Å². The third-order valence-corrected chi connectivity index (χ3v) is 6.75. The molecule has 31 heavy (non-hydrogen) atoms. The largest absolute Gasteiger partial charge is 0.397 e. The van der Waals surface area contributed by atoms with Gasteiger partial charge in [0.2, 0.25) is 0 Å². The molecule has 0 atom stereocenters. The van der Waals surface area contributed by atoms with E-state index in [1.54, 1.807) is 0 Å². The Morgan fingerprint density at radius 3 is 1.19 bits per heavy atom. The maximum absolute atomic E-state index is 14.1. The number of rotatable bonds is 7. The molecule has 3 rings (SSSR count). The Labute approximate surface area is 177 Å². The zero-order chi connectivity index (χ0) is 22.3. The Balaban J connectivity index is 2.10. The summed E-state index contributed by atoms with van der Waals surface area (Å²) in [7, 11) is -5.19. The first-order valence-electron chi connectivity index (χ1n) is 8.49. The van der Waals surface area contributed by atoms with Gasteiger partial charge in [-0.25, -0.2) is 4.21 Å². The van der Waals surface area contributed by atoms with Gasteiger partial charge in [-0.15, -0.1) is 15.8 Å². The minimum atomic E-state index is -5.19. The molecule has 0 heterocycles. The molecule has 10 heteroatoms. The average molecular weight is 435 g/mol. The molecule has 0 bridgehead atoms. The van der Waals surface area contributed by atoms with Crippen molar-refractivity contribution in [3.05, 3.63) is 72.8 Å². The molecule has 0 amide bonds. The SMILES string of the molecule is N#COc1ccc(OS(=O)(O)(c2ccc(OC#N)cc2)c2ccc(OC#N)cc2)cc1. The van der Waals surface area contributed by atoms with Gasteiger partial charge in [-0.3, -0.25) is 4.55 Å². The summed E-state index contributed by atoms with van der Waals surface area (Å²) in [5, 5.41) is 25.9. The molecule has 0 aliphatic carbocycles. The van der Waals surface area contributed by atoms with Gasteiger partial charge in [-0.05, 0) is 72.8 Å². The second kappa shape index (κ2) is 8.44. The number of nitriles is 3. The van der Waals surface area contributed by atoms with Gasteiger partial charge in [0.15, 0.2) is 9.63 Å². The van der Waals surface area contributed by atoms with E-state index in [2.05, 4.69) is 0 Å². The lowest BCUT2D eigenvalue weighted by molar-refractivity contribution is 0.395. The van der Waals surface area contributed by atoms with Gasteiger partial charge < -0.3 is 18.4 Å². The maximum Gasteiger partial charge on any atom is 0.292 e. The van der Waals surface area contributed by atoms with Crippen LogP contribution in [0.3, 0.4) is 0 Å². The second-order valence-corrected chi connectivity index (χ2v) is 8.69. The summed E-state index contributed by atoms with van der Waals surface area (Å²) in [6, 6.07) is 16.1. The Morgan fingerprint density at radius 2 is 0.871 bits per heavy atom. The van der Waals surface area contributed by atoms with Crippen molar-refractivity contribution in [2.45, 2.75) is 9.79 Å². The van der Waals surface area contributed by atoms with Gasteiger partial charge in [0.1, 0.15) is 23.0 Å². The molecule has 3 aromatic rings. The van der Waals surface area contributed by atoms with Crippen LogP contribution in [0.4, 0.5) is 0 Å². The summed E-state index contributed by atoms with van der Waals surface area (Å²) in [6.07, 6.45) is 4.57. The summed E-state index contributed by atoms with van der Waals surface area (Å²) >= 11 is 0. The van der Waals surface area contributed by atoms with E-state index in [0.717, 1.165) is 0 Å². The predicted octanol–water partition coefficient (Wildman–Crippen LogP) is 3.97. The third kappa shape index (κ3) is 4.39. The molecule has 0 saturated carbocycles. The zero-order valence-electron chi connectivity index (χ0n) is 15.7. The van der Waals surface area contributed by atoms with Crippen molar-refractivity contribution in [2.24, 2.45) is 0 Å². The van der Waals surface area contributed by atoms with Crippen LogP contribution in [0.25, 0.3) is 0 Å². The van der Waals surface area contributed by atoms with Crippen LogP contribution in [0.5, 0.6) is 23.0 Å². The van der Waals surface area contributed by atoms with E-state index in [9.17, 15) is 8.76 Å². The molecule has 0 unspecified atom stereocenters. The fourth-order valence-electron chi connectivity index (χ4n) is 2.63. The number of benzene rings is 3. The van der Waals surface area contributed by atoms with Crippen LogP contribution >= 0.6 is 0 Å². The molecule has 0 aromatic heterocycles. The van der Waals surface area contributed by atoms with Crippen molar-refractivity contribution in [3.8, 4) is 41.8 Å². The molecule has 0 radical (unpaired) electrons. The summed E-state index contributed by atoms with van der Waals surface area (Å²) < 4.78 is 45.4. The van der Waals surface area contributed by atoms with Crippen LogP contribution < -0.4 is 18.4 Å². The molecule has 0 aliphatic rings. The lowest BCUT2D eigenvalue weighted by Gasteiger charge is -2.37. The Hall–Kier alpha value is -4.56. The number of nitrogens with zero attached hydrogens (tertiary/aromatic N) is 3. The van der Waals surface area contributed by atoms with Crippen LogP contribution in [-0.4, -0.2) is 8.76 Å². The minimum absolute atomic E-state index is 0.0273. The molecule has 9 nitrogen and oxygen atoms in total. The number of hydrogen-bond donors (Lipinski definition) is 1. The summed E-state index contributed by atoms with van der Waals surface area (Å²) in [4.78, 5) is -0.206. The van der Waals surface area contributed by atoms with Crippen molar-refractivity contribution in [2.75, 3.05) is 0 Å². The lowest BCUT2D eigenvalue weighted by Crippen LogP contribution is -2.39. The summed E-state index contributed by atoms with van der Waals surface area (Å²) in [5.41, 5.74) is 0. The van der Waals surface area contributed by atoms with Gasteiger partial charge in [-0.1, -0.05) is 0 Å². The maximum atomic E-state index is 14.1. The first kappa shape index (κ1) is 21.2. The minimum Gasteiger partial charge on any atom is -0.397 e. The van der Waals surface area contributed by atoms with Crippen LogP contribution in [0, 0.1) is 34.6 Å². The van der Waals surface area contributed by atoms with Crippen molar-refractivity contribution in [3.63, 3.8) is 0 Å².